The van der Waals surface area contributed by atoms with Gasteiger partial charge in [-0.15, -0.1) is 11.3 Å². The molecule has 7 nitrogen and oxygen atoms in total. The molecule has 4 heterocycles. The van der Waals surface area contributed by atoms with Gasteiger partial charge in [0.05, 0.1) is 22.7 Å². The number of amides is 1. The molecular weight excluding hydrogens is 410 g/mol. The minimum atomic E-state index is -0.134. The maximum atomic E-state index is 12.8. The van der Waals surface area contributed by atoms with Gasteiger partial charge in [0, 0.05) is 36.5 Å². The van der Waals surface area contributed by atoms with E-state index in [4.69, 9.17) is 4.98 Å². The lowest BCUT2D eigenvalue weighted by Gasteiger charge is -2.08. The lowest BCUT2D eigenvalue weighted by atomic mass is 10.2. The molecular formula is C23H25N5O2S. The molecule has 8 heteroatoms. The van der Waals surface area contributed by atoms with Gasteiger partial charge in [0.2, 0.25) is 5.91 Å². The molecule has 160 valence electrons. The molecule has 1 amide bonds. The van der Waals surface area contributed by atoms with Crippen LogP contribution in [0.25, 0.3) is 21.3 Å². The van der Waals surface area contributed by atoms with E-state index in [1.165, 1.54) is 41.5 Å². The quantitative estimate of drug-likeness (QED) is 0.521. The fourth-order valence-electron chi connectivity index (χ4n) is 4.30. The largest absolute Gasteiger partial charge is 0.328 e. The van der Waals surface area contributed by atoms with Gasteiger partial charge in [0.15, 0.2) is 0 Å². The molecule has 5 rings (SSSR count). The summed E-state index contributed by atoms with van der Waals surface area (Å²) in [4.78, 5) is 36.4. The van der Waals surface area contributed by atoms with Gasteiger partial charge in [-0.25, -0.2) is 9.97 Å². The fraction of sp³-hybridized carbons (Fsp3) is 0.391. The summed E-state index contributed by atoms with van der Waals surface area (Å²) in [5, 5.41) is 3.61. The van der Waals surface area contributed by atoms with Gasteiger partial charge in [0.1, 0.15) is 10.7 Å². The molecule has 1 N–H and O–H groups in total. The van der Waals surface area contributed by atoms with Crippen molar-refractivity contribution in [3.63, 3.8) is 0 Å². The molecule has 0 unspecified atom stereocenters. The van der Waals surface area contributed by atoms with Crippen molar-refractivity contribution < 1.29 is 4.79 Å². The van der Waals surface area contributed by atoms with Crippen LogP contribution in [0.3, 0.4) is 0 Å². The smallest absolute Gasteiger partial charge is 0.262 e. The van der Waals surface area contributed by atoms with Crippen LogP contribution in [0.2, 0.25) is 0 Å². The van der Waals surface area contributed by atoms with Crippen LogP contribution in [-0.4, -0.2) is 25.0 Å². The van der Waals surface area contributed by atoms with Crippen LogP contribution in [0.5, 0.6) is 0 Å². The van der Waals surface area contributed by atoms with Crippen LogP contribution >= 0.6 is 11.3 Å². The van der Waals surface area contributed by atoms with E-state index < -0.39 is 0 Å². The topological polar surface area (TPSA) is 81.8 Å². The molecule has 0 saturated carbocycles. The maximum Gasteiger partial charge on any atom is 0.262 e. The lowest BCUT2D eigenvalue weighted by molar-refractivity contribution is -0.116. The Balaban J connectivity index is 1.30. The Morgan fingerprint density at radius 3 is 2.97 bits per heavy atom. The van der Waals surface area contributed by atoms with Crippen LogP contribution in [-0.2, 0) is 24.3 Å². The number of imidazole rings is 1. The number of nitrogens with one attached hydrogen (secondary N) is 1. The van der Waals surface area contributed by atoms with Gasteiger partial charge in [-0.1, -0.05) is 6.42 Å². The van der Waals surface area contributed by atoms with E-state index in [-0.39, 0.29) is 17.9 Å². The summed E-state index contributed by atoms with van der Waals surface area (Å²) < 4.78 is 3.83. The summed E-state index contributed by atoms with van der Waals surface area (Å²) in [5.41, 5.74) is 3.67. The first-order valence-corrected chi connectivity index (χ1v) is 11.6. The highest BCUT2D eigenvalue weighted by Gasteiger charge is 2.15. The number of hydrogen-bond donors (Lipinski definition) is 1. The number of aryl methyl sites for hydroxylation is 5. The van der Waals surface area contributed by atoms with Crippen molar-refractivity contribution >= 4 is 44.2 Å². The third-order valence-corrected chi connectivity index (χ3v) is 7.24. The highest BCUT2D eigenvalue weighted by Crippen LogP contribution is 2.26. The lowest BCUT2D eigenvalue weighted by Crippen LogP contribution is -2.23. The average Bonchev–Trinajstić information content (AvgIpc) is 3.13. The summed E-state index contributed by atoms with van der Waals surface area (Å²) in [6, 6.07) is 5.90. The second-order valence-electron chi connectivity index (χ2n) is 8.20. The van der Waals surface area contributed by atoms with Crippen LogP contribution in [0.4, 0.5) is 5.69 Å². The molecule has 1 aliphatic rings. The zero-order valence-corrected chi connectivity index (χ0v) is 18.6. The van der Waals surface area contributed by atoms with Crippen molar-refractivity contribution in [3.8, 4) is 0 Å². The van der Waals surface area contributed by atoms with Crippen molar-refractivity contribution in [1.29, 1.82) is 0 Å². The number of carbonyl (C=O) groups is 1. The van der Waals surface area contributed by atoms with E-state index >= 15 is 0 Å². The number of fused-ring (bicyclic) bond motifs is 4. The molecule has 1 aromatic carbocycles. The molecule has 0 fully saturated rings. The van der Waals surface area contributed by atoms with E-state index in [2.05, 4.69) is 14.9 Å². The number of aromatic nitrogens is 4. The predicted molar refractivity (Wildman–Crippen MR) is 124 cm³/mol. The minimum absolute atomic E-state index is 0.0828. The number of nitrogens with zero attached hydrogens (tertiary/aromatic N) is 4. The first-order chi connectivity index (χ1) is 15.0. The van der Waals surface area contributed by atoms with Crippen molar-refractivity contribution in [3.05, 3.63) is 51.1 Å². The van der Waals surface area contributed by atoms with Crippen LogP contribution in [0, 0.1) is 13.8 Å². The Kier molecular flexibility index (Phi) is 5.09. The average molecular weight is 436 g/mol. The Hall–Kier alpha value is -3.00. The van der Waals surface area contributed by atoms with Crippen molar-refractivity contribution in [2.75, 3.05) is 5.32 Å². The normalized spacial score (nSPS) is 14.0. The summed E-state index contributed by atoms with van der Waals surface area (Å²) in [6.45, 7) is 5.24. The Morgan fingerprint density at radius 2 is 2.10 bits per heavy atom. The highest BCUT2D eigenvalue weighted by atomic mass is 32.1. The van der Waals surface area contributed by atoms with Crippen LogP contribution in [0.15, 0.2) is 29.3 Å². The molecule has 0 spiro atoms. The third-order valence-electron chi connectivity index (χ3n) is 6.13. The second kappa shape index (κ2) is 7.92. The third kappa shape index (κ3) is 3.65. The number of carbonyl (C=O) groups excluding carboxylic acids is 1. The Morgan fingerprint density at radius 1 is 1.23 bits per heavy atom. The first-order valence-electron chi connectivity index (χ1n) is 10.8. The van der Waals surface area contributed by atoms with Gasteiger partial charge < -0.3 is 9.88 Å². The molecule has 0 atom stereocenters. The summed E-state index contributed by atoms with van der Waals surface area (Å²) in [7, 11) is 0. The van der Waals surface area contributed by atoms with Gasteiger partial charge in [-0.3, -0.25) is 14.2 Å². The van der Waals surface area contributed by atoms with Gasteiger partial charge in [-0.05, 0) is 50.5 Å². The van der Waals surface area contributed by atoms with Crippen molar-refractivity contribution in [2.45, 2.75) is 59.0 Å². The van der Waals surface area contributed by atoms with E-state index in [0.29, 0.717) is 11.9 Å². The number of anilines is 1. The zero-order chi connectivity index (χ0) is 21.5. The van der Waals surface area contributed by atoms with Crippen LogP contribution in [0.1, 0.15) is 41.9 Å². The van der Waals surface area contributed by atoms with E-state index in [1.54, 1.807) is 0 Å². The standard InChI is InChI=1S/C23H25N5O2S/c1-14-15(2)31-22-21(14)23(30)27(13-24-22)11-9-20(29)25-16-7-8-18-17(12-16)26-19-6-4-3-5-10-28(18)19/h7-8,12-13H,3-6,9-11H2,1-2H3,(H,25,29). The van der Waals surface area contributed by atoms with Gasteiger partial charge in [-0.2, -0.15) is 0 Å². The number of benzene rings is 1. The molecule has 0 radical (unpaired) electrons. The van der Waals surface area contributed by atoms with Crippen molar-refractivity contribution in [2.24, 2.45) is 0 Å². The summed E-state index contributed by atoms with van der Waals surface area (Å²) in [6.07, 6.45) is 6.35. The van der Waals surface area contributed by atoms with Crippen molar-refractivity contribution in [1.82, 2.24) is 19.1 Å². The van der Waals surface area contributed by atoms with Crippen LogP contribution < -0.4 is 10.9 Å². The zero-order valence-electron chi connectivity index (χ0n) is 17.8. The molecule has 31 heavy (non-hydrogen) atoms. The second-order valence-corrected chi connectivity index (χ2v) is 9.40. The van der Waals surface area contributed by atoms with Gasteiger partial charge in [0.25, 0.3) is 5.56 Å². The van der Waals surface area contributed by atoms with E-state index in [1.807, 2.05) is 32.0 Å². The Bertz CT molecular complexity index is 1360. The minimum Gasteiger partial charge on any atom is -0.328 e. The predicted octanol–water partition coefficient (Wildman–Crippen LogP) is 4.18. The van der Waals surface area contributed by atoms with E-state index in [9.17, 15) is 9.59 Å². The summed E-state index contributed by atoms with van der Waals surface area (Å²) in [5.74, 6) is 1.00. The number of rotatable bonds is 4. The van der Waals surface area contributed by atoms with E-state index in [0.717, 1.165) is 50.8 Å². The van der Waals surface area contributed by atoms with Gasteiger partial charge >= 0.3 is 0 Å². The fourth-order valence-corrected chi connectivity index (χ4v) is 5.29. The molecule has 3 aromatic heterocycles. The first kappa shape index (κ1) is 19.9. The SMILES string of the molecule is Cc1sc2ncn(CCC(=O)Nc3ccc4c(c3)nc3n4CCCCC3)c(=O)c2c1C. The molecule has 0 aliphatic carbocycles. The monoisotopic (exact) mass is 435 g/mol. The molecule has 0 bridgehead atoms. The summed E-state index contributed by atoms with van der Waals surface area (Å²) >= 11 is 1.53. The molecule has 0 saturated heterocycles. The maximum absolute atomic E-state index is 12.8. The molecule has 1 aliphatic heterocycles. The number of thiophene rings is 1. The highest BCUT2D eigenvalue weighted by molar-refractivity contribution is 7.18. The Labute approximate surface area is 183 Å². The number of hydrogen-bond acceptors (Lipinski definition) is 5. The molecule has 4 aromatic rings.